The number of aliphatic hydroxyl groups excluding tert-OH is 11. The minimum Gasteiger partial charge on any atom is -0.462 e. The molecule has 24 heteroatoms. The highest BCUT2D eigenvalue weighted by atomic mass is 16.6. The van der Waals surface area contributed by atoms with E-state index >= 15 is 0 Å². The Morgan fingerprint density at radius 2 is 0.442 bits per heavy atom. The molecule has 0 heterocycles. The summed E-state index contributed by atoms with van der Waals surface area (Å²) >= 11 is 0. The Labute approximate surface area is 623 Å². The molecule has 0 aromatic rings. The molecule has 0 saturated carbocycles. The molecule has 0 aromatic carbocycles. The lowest BCUT2D eigenvalue weighted by Crippen LogP contribution is -2.15. The molecular formula is C80H134O24. The predicted octanol–water partition coefficient (Wildman–Crippen LogP) is 9.78. The van der Waals surface area contributed by atoms with Crippen LogP contribution in [-0.4, -0.2) is 204 Å². The molecule has 0 aromatic heterocycles. The standard InChI is InChI=1S/C80H134O24/c1-4-5-6-7-8-9-10-11-12-33-56-93-69(81)45-23-13-34-57-94-70(82)46-24-14-35-58-95-71(83)47-25-15-36-59-96-72(84)48-26-16-37-60-97-73(85)49-27-17-38-61-98-74(86)50-28-18-39-62-99-75(87)51-29-19-40-63-100-76(88)52-30-20-41-64-101-77(89)53-31-21-42-65-102-78(90)54-32-22-43-66-103-79(91)55-44-67-104-80(92)68(2)3/h1,69-79,81-91H,2,13-32,34-55,57-67H2,3H3. The number of unbranched alkanes of at least 4 members (excludes halogenated alkanes) is 20. The fourth-order valence-electron chi connectivity index (χ4n) is 9.99. The molecule has 0 fully saturated rings. The first-order chi connectivity index (χ1) is 50.5. The zero-order chi connectivity index (χ0) is 76.2. The summed E-state index contributed by atoms with van der Waals surface area (Å²) in [5.41, 5.74) is 0.338. The van der Waals surface area contributed by atoms with E-state index in [0.29, 0.717) is 155 Å². The number of aliphatic hydroxyl groups is 11. The van der Waals surface area contributed by atoms with E-state index in [-0.39, 0.29) is 6.61 Å². The van der Waals surface area contributed by atoms with Crippen LogP contribution in [0, 0.1) is 71.7 Å². The van der Waals surface area contributed by atoms with Gasteiger partial charge in [-0.2, -0.15) is 0 Å². The van der Waals surface area contributed by atoms with Gasteiger partial charge < -0.3 is 113 Å². The summed E-state index contributed by atoms with van der Waals surface area (Å²) in [5.74, 6) is 23.7. The predicted molar refractivity (Wildman–Crippen MR) is 394 cm³/mol. The van der Waals surface area contributed by atoms with Gasteiger partial charge in [-0.05, 0) is 229 Å². The number of terminal acetylenes is 1. The van der Waals surface area contributed by atoms with Crippen LogP contribution < -0.4 is 0 Å². The molecule has 0 spiro atoms. The van der Waals surface area contributed by atoms with Crippen molar-refractivity contribution in [1.82, 2.24) is 0 Å². The number of carbonyl (C=O) groups excluding carboxylic acids is 1. The molecule has 11 N–H and O–H groups in total. The van der Waals surface area contributed by atoms with E-state index in [2.05, 4.69) is 71.9 Å². The molecule has 598 valence electrons. The first kappa shape index (κ1) is 99.5. The second kappa shape index (κ2) is 76.7. The van der Waals surface area contributed by atoms with Gasteiger partial charge in [-0.3, -0.25) is 0 Å². The van der Waals surface area contributed by atoms with Gasteiger partial charge in [0.2, 0.25) is 6.29 Å². The SMILES string of the molecule is C#CC#CC#CC#CC#CC#COC(O)CCCCCOC(O)CCCCCOC(O)CCCCCOC(O)CCCCCOC(O)CCCCCOC(O)CCCCCOC(O)CCCCCOC(O)CCCCCOC(O)CCCCCOC(O)CCCCCOC(O)CCCOC(=O)C(=C)C. The van der Waals surface area contributed by atoms with Crippen LogP contribution in [0.15, 0.2) is 12.2 Å². The van der Waals surface area contributed by atoms with Gasteiger partial charge in [0, 0.05) is 114 Å². The van der Waals surface area contributed by atoms with Crippen LogP contribution in [0.25, 0.3) is 0 Å². The van der Waals surface area contributed by atoms with Crippen molar-refractivity contribution >= 4 is 5.97 Å². The summed E-state index contributed by atoms with van der Waals surface area (Å²) < 4.78 is 65.2. The van der Waals surface area contributed by atoms with Crippen LogP contribution in [0.2, 0.25) is 0 Å². The first-order valence-electron chi connectivity index (χ1n) is 38.6. The van der Waals surface area contributed by atoms with Gasteiger partial charge in [-0.15, -0.1) is 6.42 Å². The third-order valence-corrected chi connectivity index (χ3v) is 16.1. The van der Waals surface area contributed by atoms with Gasteiger partial charge in [0.1, 0.15) is 6.11 Å². The molecule has 11 unspecified atom stereocenters. The van der Waals surface area contributed by atoms with Gasteiger partial charge in [-0.25, -0.2) is 4.79 Å². The molecule has 0 radical (unpaired) electrons. The Balaban J connectivity index is 3.55. The van der Waals surface area contributed by atoms with Crippen LogP contribution in [0.4, 0.5) is 0 Å². The van der Waals surface area contributed by atoms with Crippen LogP contribution in [0.5, 0.6) is 0 Å². The minimum absolute atomic E-state index is 0.206. The van der Waals surface area contributed by atoms with E-state index in [1.165, 1.54) is 0 Å². The molecule has 24 nitrogen and oxygen atoms in total. The monoisotopic (exact) mass is 1480 g/mol. The maximum absolute atomic E-state index is 11.4. The number of rotatable bonds is 76. The van der Waals surface area contributed by atoms with Crippen molar-refractivity contribution in [2.75, 3.05) is 72.7 Å². The first-order valence-corrected chi connectivity index (χ1v) is 38.6. The highest BCUT2D eigenvalue weighted by molar-refractivity contribution is 5.86. The minimum atomic E-state index is -1.03. The molecule has 0 rings (SSSR count). The van der Waals surface area contributed by atoms with E-state index in [1.807, 2.05) is 0 Å². The van der Waals surface area contributed by atoms with Crippen molar-refractivity contribution in [3.05, 3.63) is 12.2 Å². The molecule has 0 aliphatic heterocycles. The van der Waals surface area contributed by atoms with Crippen molar-refractivity contribution in [1.29, 1.82) is 0 Å². The van der Waals surface area contributed by atoms with Gasteiger partial charge >= 0.3 is 5.97 Å². The molecule has 0 aliphatic rings. The number of carbonyl (C=O) groups is 1. The van der Waals surface area contributed by atoms with Crippen LogP contribution in [-0.2, 0) is 61.6 Å². The van der Waals surface area contributed by atoms with Crippen molar-refractivity contribution in [3.8, 4) is 71.7 Å². The van der Waals surface area contributed by atoms with Gasteiger partial charge in [-0.1, -0.05) is 70.8 Å². The van der Waals surface area contributed by atoms with Crippen LogP contribution in [0.1, 0.15) is 277 Å². The van der Waals surface area contributed by atoms with E-state index in [9.17, 15) is 61.0 Å². The van der Waals surface area contributed by atoms with E-state index in [0.717, 1.165) is 186 Å². The molecule has 0 amide bonds. The molecule has 104 heavy (non-hydrogen) atoms. The topological polar surface area (TPSA) is 350 Å². The van der Waals surface area contributed by atoms with Gasteiger partial charge in [0.15, 0.2) is 62.9 Å². The Hall–Kier alpha value is -4.47. The summed E-state index contributed by atoms with van der Waals surface area (Å²) in [6.45, 7) is 9.60. The molecular weight excluding hydrogens is 1340 g/mol. The molecule has 0 aliphatic carbocycles. The summed E-state index contributed by atoms with van der Waals surface area (Å²) in [4.78, 5) is 11.4. The largest absolute Gasteiger partial charge is 0.462 e. The highest BCUT2D eigenvalue weighted by Gasteiger charge is 2.14. The Kier molecular flexibility index (Phi) is 73.4. The molecule has 0 bridgehead atoms. The third kappa shape index (κ3) is 75.8. The summed E-state index contributed by atoms with van der Waals surface area (Å²) in [7, 11) is 0. The number of hydrogen-bond acceptors (Lipinski definition) is 24. The lowest BCUT2D eigenvalue weighted by atomic mass is 10.2. The van der Waals surface area contributed by atoms with E-state index < -0.39 is 75.2 Å². The number of esters is 1. The molecule has 11 atom stereocenters. The Morgan fingerprint density at radius 1 is 0.260 bits per heavy atom. The lowest BCUT2D eigenvalue weighted by molar-refractivity contribution is -0.140. The lowest BCUT2D eigenvalue weighted by Gasteiger charge is -2.15. The maximum Gasteiger partial charge on any atom is 0.333 e. The summed E-state index contributed by atoms with van der Waals surface area (Å²) in [5, 5.41) is 111. The van der Waals surface area contributed by atoms with Crippen LogP contribution >= 0.6 is 0 Å². The van der Waals surface area contributed by atoms with E-state index in [1.54, 1.807) is 6.92 Å². The highest BCUT2D eigenvalue weighted by Crippen LogP contribution is 2.17. The Bertz CT molecular complexity index is 2350. The fourth-order valence-corrected chi connectivity index (χ4v) is 9.99. The number of ether oxygens (including phenoxy) is 12. The van der Waals surface area contributed by atoms with Crippen LogP contribution in [0.3, 0.4) is 0 Å². The maximum atomic E-state index is 11.4. The van der Waals surface area contributed by atoms with Gasteiger partial charge in [0.25, 0.3) is 0 Å². The average Bonchev–Trinajstić information content (AvgIpc) is 2.65. The summed E-state index contributed by atoms with van der Waals surface area (Å²) in [6.07, 6.45) is 27.4. The van der Waals surface area contributed by atoms with Crippen molar-refractivity contribution in [2.45, 2.75) is 346 Å². The van der Waals surface area contributed by atoms with Crippen molar-refractivity contribution in [2.24, 2.45) is 0 Å². The molecule has 0 saturated heterocycles. The second-order valence-corrected chi connectivity index (χ2v) is 25.8. The smallest absolute Gasteiger partial charge is 0.333 e. The Morgan fingerprint density at radius 3 is 0.644 bits per heavy atom. The van der Waals surface area contributed by atoms with Gasteiger partial charge in [0.05, 0.1) is 6.61 Å². The normalized spacial score (nSPS) is 14.3. The number of hydrogen-bond donors (Lipinski definition) is 11. The second-order valence-electron chi connectivity index (χ2n) is 25.8. The zero-order valence-corrected chi connectivity index (χ0v) is 62.8. The average molecular weight is 1480 g/mol. The fraction of sp³-hybridized carbons (Fsp3) is 0.812. The quantitative estimate of drug-likeness (QED) is 0.00886. The van der Waals surface area contributed by atoms with Crippen molar-refractivity contribution < 1.29 is 118 Å². The summed E-state index contributed by atoms with van der Waals surface area (Å²) in [6, 6.07) is 0. The van der Waals surface area contributed by atoms with Crippen molar-refractivity contribution in [3.63, 3.8) is 0 Å². The third-order valence-electron chi connectivity index (χ3n) is 16.1. The van der Waals surface area contributed by atoms with E-state index in [4.69, 9.17) is 63.3 Å². The zero-order valence-electron chi connectivity index (χ0n) is 62.8.